The van der Waals surface area contributed by atoms with Gasteiger partial charge < -0.3 is 4.90 Å². The second kappa shape index (κ2) is 5.58. The number of likely N-dealkylation sites (tertiary alicyclic amines) is 1. The van der Waals surface area contributed by atoms with Crippen LogP contribution in [0.4, 0.5) is 0 Å². The van der Waals surface area contributed by atoms with Crippen LogP contribution >= 0.6 is 11.6 Å². The van der Waals surface area contributed by atoms with Crippen LogP contribution in [0.25, 0.3) is 0 Å². The Morgan fingerprint density at radius 2 is 2.15 bits per heavy atom. The van der Waals surface area contributed by atoms with Gasteiger partial charge in [0.1, 0.15) is 12.9 Å². The Kier molecular flexibility index (Phi) is 3.64. The summed E-state index contributed by atoms with van der Waals surface area (Å²) in [5.41, 5.74) is 1.15. The molecule has 0 radical (unpaired) electrons. The van der Waals surface area contributed by atoms with E-state index in [4.69, 9.17) is 11.6 Å². The molecule has 1 aromatic carbocycles. The highest BCUT2D eigenvalue weighted by Crippen LogP contribution is 2.24. The summed E-state index contributed by atoms with van der Waals surface area (Å²) in [7, 11) is 0. The molecule has 2 heterocycles. The Bertz CT molecular complexity index is 595. The van der Waals surface area contributed by atoms with E-state index in [1.165, 1.54) is 11.0 Å². The monoisotopic (exact) mass is 291 g/mol. The third kappa shape index (κ3) is 2.80. The molecule has 1 saturated heterocycles. The first-order valence-electron chi connectivity index (χ1n) is 6.44. The lowest BCUT2D eigenvalue weighted by molar-refractivity contribution is -0.138. The molecule has 1 aliphatic rings. The first kappa shape index (κ1) is 13.1. The van der Waals surface area contributed by atoms with Gasteiger partial charge in [0, 0.05) is 18.1 Å². The molecule has 7 heteroatoms. The number of hydrogen-bond acceptors (Lipinski definition) is 4. The quantitative estimate of drug-likeness (QED) is 0.844. The molecule has 0 bridgehead atoms. The molecular weight excluding hydrogens is 278 g/mol. The van der Waals surface area contributed by atoms with E-state index in [1.807, 2.05) is 29.2 Å². The zero-order valence-electron chi connectivity index (χ0n) is 10.8. The van der Waals surface area contributed by atoms with Crippen molar-refractivity contribution in [1.29, 1.82) is 0 Å². The summed E-state index contributed by atoms with van der Waals surface area (Å²) in [5.74, 6) is 0.528. The van der Waals surface area contributed by atoms with Gasteiger partial charge in [0.2, 0.25) is 5.91 Å². The average molecular weight is 292 g/mol. The second-order valence-corrected chi connectivity index (χ2v) is 5.37. The minimum absolute atomic E-state index is 0.0488. The van der Waals surface area contributed by atoms with Crippen LogP contribution in [0.3, 0.4) is 0 Å². The summed E-state index contributed by atoms with van der Waals surface area (Å²) in [4.78, 5) is 13.8. The third-order valence-corrected chi connectivity index (χ3v) is 3.83. The summed E-state index contributed by atoms with van der Waals surface area (Å²) in [6.07, 6.45) is 2.35. The zero-order valence-corrected chi connectivity index (χ0v) is 11.6. The molecule has 0 saturated carbocycles. The molecular formula is C13H14ClN5O. The molecule has 1 fully saturated rings. The van der Waals surface area contributed by atoms with Crippen molar-refractivity contribution >= 4 is 17.5 Å². The molecule has 0 atom stereocenters. The van der Waals surface area contributed by atoms with Gasteiger partial charge in [0.15, 0.2) is 0 Å². The lowest BCUT2D eigenvalue weighted by Gasteiger charge is -2.39. The van der Waals surface area contributed by atoms with Crippen LogP contribution in [-0.2, 0) is 17.8 Å². The van der Waals surface area contributed by atoms with E-state index in [0.29, 0.717) is 5.92 Å². The van der Waals surface area contributed by atoms with Gasteiger partial charge in [-0.1, -0.05) is 29.8 Å². The highest BCUT2D eigenvalue weighted by atomic mass is 35.5. The number of aromatic nitrogens is 4. The molecule has 1 aromatic heterocycles. The topological polar surface area (TPSA) is 63.9 Å². The van der Waals surface area contributed by atoms with E-state index in [1.54, 1.807) is 0 Å². The van der Waals surface area contributed by atoms with Crippen LogP contribution in [0.5, 0.6) is 0 Å². The molecule has 0 unspecified atom stereocenters. The van der Waals surface area contributed by atoms with Gasteiger partial charge in [0.05, 0.1) is 0 Å². The van der Waals surface area contributed by atoms with E-state index in [-0.39, 0.29) is 12.5 Å². The smallest absolute Gasteiger partial charge is 0.244 e. The summed E-state index contributed by atoms with van der Waals surface area (Å²) in [6, 6.07) is 7.85. The predicted molar refractivity (Wildman–Crippen MR) is 73.0 cm³/mol. The maximum absolute atomic E-state index is 11.9. The number of halogens is 1. The normalized spacial score (nSPS) is 15.2. The number of rotatable bonds is 4. The Morgan fingerprint density at radius 3 is 2.85 bits per heavy atom. The first-order chi connectivity index (χ1) is 9.72. The number of tetrazole rings is 1. The number of benzene rings is 1. The first-order valence-corrected chi connectivity index (χ1v) is 6.82. The van der Waals surface area contributed by atoms with Crippen molar-refractivity contribution in [3.63, 3.8) is 0 Å². The molecule has 1 aliphatic heterocycles. The van der Waals surface area contributed by atoms with E-state index in [2.05, 4.69) is 15.5 Å². The van der Waals surface area contributed by atoms with Crippen LogP contribution in [0.15, 0.2) is 30.6 Å². The lowest BCUT2D eigenvalue weighted by Crippen LogP contribution is -2.51. The maximum atomic E-state index is 11.9. The maximum Gasteiger partial charge on any atom is 0.244 e. The van der Waals surface area contributed by atoms with Crippen molar-refractivity contribution < 1.29 is 4.79 Å². The molecule has 0 aliphatic carbocycles. The third-order valence-electron chi connectivity index (χ3n) is 3.47. The molecule has 3 rings (SSSR count). The second-order valence-electron chi connectivity index (χ2n) is 4.97. The minimum Gasteiger partial charge on any atom is -0.340 e. The van der Waals surface area contributed by atoms with Crippen molar-refractivity contribution in [2.75, 3.05) is 13.1 Å². The number of carbonyl (C=O) groups excluding carboxylic acids is 1. The fourth-order valence-corrected chi connectivity index (χ4v) is 2.58. The van der Waals surface area contributed by atoms with Crippen molar-refractivity contribution in [2.45, 2.75) is 13.0 Å². The zero-order chi connectivity index (χ0) is 13.9. The summed E-state index contributed by atoms with van der Waals surface area (Å²) < 4.78 is 1.43. The van der Waals surface area contributed by atoms with Crippen molar-refractivity contribution in [1.82, 2.24) is 25.1 Å². The van der Waals surface area contributed by atoms with Gasteiger partial charge in [-0.25, -0.2) is 4.68 Å². The molecule has 104 valence electrons. The standard InChI is InChI=1S/C13H14ClN5O/c14-12-4-2-1-3-11(12)5-10-6-18(7-10)13(20)8-19-9-15-16-17-19/h1-4,9-10H,5-8H2. The summed E-state index contributed by atoms with van der Waals surface area (Å²) in [5, 5.41) is 11.5. The van der Waals surface area contributed by atoms with Gasteiger partial charge in [0.25, 0.3) is 0 Å². The van der Waals surface area contributed by atoms with Crippen molar-refractivity contribution in [2.24, 2.45) is 5.92 Å². The highest BCUT2D eigenvalue weighted by molar-refractivity contribution is 6.31. The molecule has 1 amide bonds. The number of nitrogens with zero attached hydrogens (tertiary/aromatic N) is 5. The van der Waals surface area contributed by atoms with Gasteiger partial charge in [-0.15, -0.1) is 5.10 Å². The van der Waals surface area contributed by atoms with E-state index >= 15 is 0 Å². The number of hydrogen-bond donors (Lipinski definition) is 0. The van der Waals surface area contributed by atoms with Crippen LogP contribution < -0.4 is 0 Å². The molecule has 2 aromatic rings. The van der Waals surface area contributed by atoms with Gasteiger partial charge in [-0.05, 0) is 34.4 Å². The van der Waals surface area contributed by atoms with Gasteiger partial charge in [-0.3, -0.25) is 4.79 Å². The summed E-state index contributed by atoms with van der Waals surface area (Å²) >= 11 is 6.14. The lowest BCUT2D eigenvalue weighted by atomic mass is 9.92. The van der Waals surface area contributed by atoms with E-state index in [9.17, 15) is 4.79 Å². The molecule has 0 spiro atoms. The molecule has 20 heavy (non-hydrogen) atoms. The summed E-state index contributed by atoms with van der Waals surface area (Å²) in [6.45, 7) is 1.74. The van der Waals surface area contributed by atoms with Crippen LogP contribution in [0.2, 0.25) is 5.02 Å². The highest BCUT2D eigenvalue weighted by Gasteiger charge is 2.30. The fraction of sp³-hybridized carbons (Fsp3) is 0.385. The van der Waals surface area contributed by atoms with Gasteiger partial charge >= 0.3 is 0 Å². The molecule has 0 N–H and O–H groups in total. The van der Waals surface area contributed by atoms with E-state index < -0.39 is 0 Å². The average Bonchev–Trinajstić information content (AvgIpc) is 2.88. The van der Waals surface area contributed by atoms with Crippen molar-refractivity contribution in [3.05, 3.63) is 41.2 Å². The SMILES string of the molecule is O=C(Cn1cnnn1)N1CC(Cc2ccccc2Cl)C1. The van der Waals surface area contributed by atoms with Crippen LogP contribution in [0.1, 0.15) is 5.56 Å². The predicted octanol–water partition coefficient (Wildman–Crippen LogP) is 1.03. The van der Waals surface area contributed by atoms with Crippen molar-refractivity contribution in [3.8, 4) is 0 Å². The minimum atomic E-state index is 0.0488. The largest absolute Gasteiger partial charge is 0.340 e. The number of amides is 1. The Balaban J connectivity index is 1.49. The molecule has 6 nitrogen and oxygen atoms in total. The van der Waals surface area contributed by atoms with Crippen LogP contribution in [-0.4, -0.2) is 44.1 Å². The Hall–Kier alpha value is -1.95. The Morgan fingerprint density at radius 1 is 1.35 bits per heavy atom. The van der Waals surface area contributed by atoms with Crippen LogP contribution in [0, 0.1) is 5.92 Å². The Labute approximate surface area is 121 Å². The van der Waals surface area contributed by atoms with E-state index in [0.717, 1.165) is 30.1 Å². The van der Waals surface area contributed by atoms with Gasteiger partial charge in [-0.2, -0.15) is 0 Å². The fourth-order valence-electron chi connectivity index (χ4n) is 2.37. The number of carbonyl (C=O) groups is 1.